The third-order valence-corrected chi connectivity index (χ3v) is 8.75. The Morgan fingerprint density at radius 2 is 1.60 bits per heavy atom. The molecule has 0 radical (unpaired) electrons. The normalized spacial score (nSPS) is 16.6. The summed E-state index contributed by atoms with van der Waals surface area (Å²) in [6, 6.07) is 15.6. The number of nitrogens with one attached hydrogen (secondary N) is 1. The zero-order chi connectivity index (χ0) is 38.4. The first kappa shape index (κ1) is 39.9. The van der Waals surface area contributed by atoms with Crippen LogP contribution in [0.3, 0.4) is 0 Å². The molecule has 1 aliphatic carbocycles. The number of halogens is 3. The molecule has 0 heterocycles. The van der Waals surface area contributed by atoms with E-state index in [4.69, 9.17) is 30.9 Å². The fourth-order valence-corrected chi connectivity index (χ4v) is 6.35. The lowest BCUT2D eigenvalue weighted by molar-refractivity contribution is -0.139. The van der Waals surface area contributed by atoms with Crippen molar-refractivity contribution in [3.63, 3.8) is 0 Å². The van der Waals surface area contributed by atoms with Crippen LogP contribution in [0.15, 0.2) is 54.6 Å². The van der Waals surface area contributed by atoms with Crippen molar-refractivity contribution in [2.24, 2.45) is 0 Å². The van der Waals surface area contributed by atoms with E-state index in [1.165, 1.54) is 18.2 Å². The summed E-state index contributed by atoms with van der Waals surface area (Å²) in [7, 11) is 0. The summed E-state index contributed by atoms with van der Waals surface area (Å²) < 4.78 is 48.2. The number of nitriles is 1. The SMILES string of the molecule is CC(C)(C)OC(=O)NC1CCC(N(CC(c2ccccc2)c2cc(F)c(Cl)c(-c3c(C#N)ccc(OCC(=O)O)c3F)c2)C(=O)OC(C)(C)C)CC1. The van der Waals surface area contributed by atoms with Crippen LogP contribution in [0.4, 0.5) is 18.4 Å². The molecule has 278 valence electrons. The molecular weight excluding hydrogens is 696 g/mol. The second kappa shape index (κ2) is 16.6. The number of hydrogen-bond donors (Lipinski definition) is 2. The Balaban J connectivity index is 1.77. The van der Waals surface area contributed by atoms with E-state index in [9.17, 15) is 19.6 Å². The van der Waals surface area contributed by atoms with Gasteiger partial charge in [0, 0.05) is 35.7 Å². The second-order valence-corrected chi connectivity index (χ2v) is 15.1. The smallest absolute Gasteiger partial charge is 0.410 e. The molecule has 10 nitrogen and oxygen atoms in total. The number of amides is 2. The molecule has 0 aliphatic heterocycles. The van der Waals surface area contributed by atoms with Crippen LogP contribution < -0.4 is 10.1 Å². The molecule has 1 saturated carbocycles. The zero-order valence-electron chi connectivity index (χ0n) is 30.1. The van der Waals surface area contributed by atoms with Crippen LogP contribution in [0.2, 0.25) is 5.02 Å². The summed E-state index contributed by atoms with van der Waals surface area (Å²) >= 11 is 6.46. The Labute approximate surface area is 307 Å². The van der Waals surface area contributed by atoms with Gasteiger partial charge in [0.25, 0.3) is 0 Å². The van der Waals surface area contributed by atoms with Gasteiger partial charge in [-0.3, -0.25) is 0 Å². The Morgan fingerprint density at radius 1 is 0.962 bits per heavy atom. The van der Waals surface area contributed by atoms with E-state index in [1.807, 2.05) is 24.3 Å². The van der Waals surface area contributed by atoms with Crippen molar-refractivity contribution in [3.8, 4) is 22.9 Å². The molecule has 1 fully saturated rings. The van der Waals surface area contributed by atoms with Gasteiger partial charge in [-0.15, -0.1) is 0 Å². The van der Waals surface area contributed by atoms with E-state index in [0.29, 0.717) is 36.8 Å². The van der Waals surface area contributed by atoms with Crippen molar-refractivity contribution in [2.45, 2.75) is 96.4 Å². The first-order valence-corrected chi connectivity index (χ1v) is 17.3. The number of carboxylic acid groups (broad SMARTS) is 1. The van der Waals surface area contributed by atoms with Gasteiger partial charge in [0.05, 0.1) is 16.7 Å². The first-order valence-electron chi connectivity index (χ1n) is 17.0. The number of carbonyl (C=O) groups excluding carboxylic acids is 2. The number of carbonyl (C=O) groups is 3. The lowest BCUT2D eigenvalue weighted by Gasteiger charge is -2.39. The largest absolute Gasteiger partial charge is 0.479 e. The van der Waals surface area contributed by atoms with E-state index in [-0.39, 0.29) is 35.3 Å². The van der Waals surface area contributed by atoms with Crippen LogP contribution in [-0.2, 0) is 14.3 Å². The van der Waals surface area contributed by atoms with E-state index in [1.54, 1.807) is 58.6 Å². The van der Waals surface area contributed by atoms with Crippen LogP contribution >= 0.6 is 11.6 Å². The molecule has 1 aliphatic rings. The summed E-state index contributed by atoms with van der Waals surface area (Å²) in [5.74, 6) is -4.46. The summed E-state index contributed by atoms with van der Waals surface area (Å²) in [5, 5.41) is 21.4. The summed E-state index contributed by atoms with van der Waals surface area (Å²) in [5.41, 5.74) is -1.12. The van der Waals surface area contributed by atoms with Crippen LogP contribution in [-0.4, -0.2) is 64.6 Å². The highest BCUT2D eigenvalue weighted by atomic mass is 35.5. The summed E-state index contributed by atoms with van der Waals surface area (Å²) in [4.78, 5) is 39.1. The van der Waals surface area contributed by atoms with Crippen LogP contribution in [0.5, 0.6) is 5.75 Å². The maximum Gasteiger partial charge on any atom is 0.410 e. The minimum atomic E-state index is -1.34. The number of carboxylic acids is 1. The Morgan fingerprint density at radius 3 is 2.17 bits per heavy atom. The molecule has 0 bridgehead atoms. The van der Waals surface area contributed by atoms with E-state index in [2.05, 4.69) is 5.32 Å². The standard InChI is InChI=1S/C39H44ClF2N3O7/c1-38(2,3)51-36(48)44-26-13-15-27(16-14-26)45(37(49)52-39(4,5)6)21-29(23-10-8-7-9-11-23)25-18-28(34(40)30(41)19-25)33-24(20-43)12-17-31(35(33)42)50-22-32(46)47/h7-12,17-19,26-27,29H,13-16,21-22H2,1-6H3,(H,44,48)(H,46,47). The molecule has 52 heavy (non-hydrogen) atoms. The molecule has 2 amide bonds. The maximum absolute atomic E-state index is 16.0. The quantitative estimate of drug-likeness (QED) is 0.210. The summed E-state index contributed by atoms with van der Waals surface area (Å²) in [6.45, 7) is 9.82. The van der Waals surface area contributed by atoms with Crippen molar-refractivity contribution in [1.82, 2.24) is 10.2 Å². The number of nitrogens with zero attached hydrogens (tertiary/aromatic N) is 2. The van der Waals surface area contributed by atoms with Gasteiger partial charge in [-0.1, -0.05) is 41.9 Å². The fourth-order valence-electron chi connectivity index (χ4n) is 6.14. The van der Waals surface area contributed by atoms with Crippen molar-refractivity contribution < 1.29 is 42.5 Å². The number of ether oxygens (including phenoxy) is 3. The van der Waals surface area contributed by atoms with Gasteiger partial charge >= 0.3 is 18.2 Å². The first-order chi connectivity index (χ1) is 24.4. The molecule has 1 atom stereocenters. The van der Waals surface area contributed by atoms with Gasteiger partial charge in [-0.2, -0.15) is 5.26 Å². The lowest BCUT2D eigenvalue weighted by Crippen LogP contribution is -2.49. The molecule has 3 aromatic rings. The molecule has 0 saturated heterocycles. The third kappa shape index (κ3) is 10.6. The van der Waals surface area contributed by atoms with Crippen molar-refractivity contribution >= 4 is 29.8 Å². The predicted molar refractivity (Wildman–Crippen MR) is 191 cm³/mol. The zero-order valence-corrected chi connectivity index (χ0v) is 30.9. The van der Waals surface area contributed by atoms with Crippen LogP contribution in [0, 0.1) is 23.0 Å². The molecular formula is C39H44ClF2N3O7. The van der Waals surface area contributed by atoms with Gasteiger partial charge in [0.2, 0.25) is 0 Å². The highest BCUT2D eigenvalue weighted by molar-refractivity contribution is 6.33. The highest BCUT2D eigenvalue weighted by Crippen LogP contribution is 2.41. The number of aliphatic carboxylic acids is 1. The van der Waals surface area contributed by atoms with Crippen molar-refractivity contribution in [3.05, 3.63) is 87.9 Å². The van der Waals surface area contributed by atoms with Crippen molar-refractivity contribution in [2.75, 3.05) is 13.2 Å². The maximum atomic E-state index is 16.0. The predicted octanol–water partition coefficient (Wildman–Crippen LogP) is 8.83. The third-order valence-electron chi connectivity index (χ3n) is 8.37. The average molecular weight is 740 g/mol. The molecule has 0 spiro atoms. The van der Waals surface area contributed by atoms with Gasteiger partial charge in [0.15, 0.2) is 18.2 Å². The molecule has 0 aromatic heterocycles. The lowest BCUT2D eigenvalue weighted by atomic mass is 9.86. The number of benzene rings is 3. The topological polar surface area (TPSA) is 138 Å². The minimum absolute atomic E-state index is 0.0314. The van der Waals surface area contributed by atoms with Gasteiger partial charge < -0.3 is 29.5 Å². The minimum Gasteiger partial charge on any atom is -0.479 e. The molecule has 13 heteroatoms. The number of rotatable bonds is 10. The van der Waals surface area contributed by atoms with E-state index < -0.39 is 64.3 Å². The van der Waals surface area contributed by atoms with E-state index in [0.717, 1.165) is 6.07 Å². The van der Waals surface area contributed by atoms with Crippen LogP contribution in [0.25, 0.3) is 11.1 Å². The van der Waals surface area contributed by atoms with Crippen molar-refractivity contribution in [1.29, 1.82) is 5.26 Å². The van der Waals surface area contributed by atoms with Gasteiger partial charge in [-0.05, 0) is 103 Å². The Hall–Kier alpha value is -4.89. The van der Waals surface area contributed by atoms with Crippen LogP contribution in [0.1, 0.15) is 89.8 Å². The van der Waals surface area contributed by atoms with E-state index >= 15 is 8.78 Å². The fraction of sp³-hybridized carbons (Fsp3) is 0.436. The average Bonchev–Trinajstić information content (AvgIpc) is 3.05. The molecule has 2 N–H and O–H groups in total. The monoisotopic (exact) mass is 739 g/mol. The molecule has 1 unspecified atom stereocenters. The van der Waals surface area contributed by atoms with Gasteiger partial charge in [-0.25, -0.2) is 23.2 Å². The molecule has 4 rings (SSSR count). The Bertz CT molecular complexity index is 1810. The highest BCUT2D eigenvalue weighted by Gasteiger charge is 2.35. The Kier molecular flexibility index (Phi) is 12.8. The molecule has 3 aromatic carbocycles. The number of hydrogen-bond acceptors (Lipinski definition) is 7. The second-order valence-electron chi connectivity index (χ2n) is 14.7. The number of alkyl carbamates (subject to hydrolysis) is 1. The summed E-state index contributed by atoms with van der Waals surface area (Å²) in [6.07, 6.45) is 1.10. The van der Waals surface area contributed by atoms with Gasteiger partial charge in [0.1, 0.15) is 17.0 Å².